The Hall–Kier alpha value is -0.910. The van der Waals surface area contributed by atoms with Gasteiger partial charge in [-0.15, -0.1) is 6.58 Å². The van der Waals surface area contributed by atoms with Crippen molar-refractivity contribution in [2.45, 2.75) is 38.5 Å². The van der Waals surface area contributed by atoms with Crippen molar-refractivity contribution in [1.29, 1.82) is 0 Å². The lowest BCUT2D eigenvalue weighted by molar-refractivity contribution is -0.218. The van der Waals surface area contributed by atoms with Crippen LogP contribution in [-0.4, -0.2) is 31.4 Å². The van der Waals surface area contributed by atoms with E-state index in [0.29, 0.717) is 18.9 Å². The summed E-state index contributed by atoms with van der Waals surface area (Å²) >= 11 is 0. The van der Waals surface area contributed by atoms with Crippen molar-refractivity contribution in [3.63, 3.8) is 0 Å². The maximum Gasteiger partial charge on any atom is 0.282 e. The van der Waals surface area contributed by atoms with Gasteiger partial charge in [-0.1, -0.05) is 19.9 Å². The molecule has 1 amide bonds. The largest absolute Gasteiger partial charge is 0.348 e. The Bertz CT molecular complexity index is 281. The molecule has 0 bridgehead atoms. The summed E-state index contributed by atoms with van der Waals surface area (Å²) in [6, 6.07) is 0.143. The van der Waals surface area contributed by atoms with Crippen LogP contribution in [0.25, 0.3) is 0 Å². The van der Waals surface area contributed by atoms with Gasteiger partial charge >= 0.3 is 0 Å². The predicted molar refractivity (Wildman–Crippen MR) is 65.0 cm³/mol. The Morgan fingerprint density at radius 1 is 1.76 bits per heavy atom. The number of methoxy groups -OCH3 is 1. The highest BCUT2D eigenvalue weighted by molar-refractivity contribution is 5.84. The van der Waals surface area contributed by atoms with E-state index in [1.54, 1.807) is 6.08 Å². The second-order valence-electron chi connectivity index (χ2n) is 4.71. The van der Waals surface area contributed by atoms with Crippen LogP contribution in [-0.2, 0) is 14.4 Å². The summed E-state index contributed by atoms with van der Waals surface area (Å²) in [7, 11) is 1.48. The summed E-state index contributed by atoms with van der Waals surface area (Å²) in [6.07, 6.45) is 3.08. The van der Waals surface area contributed by atoms with E-state index in [4.69, 9.17) is 9.57 Å². The first-order chi connectivity index (χ1) is 8.04. The zero-order chi connectivity index (χ0) is 12.9. The maximum atomic E-state index is 11.9. The molecule has 2 atom stereocenters. The number of amides is 1. The van der Waals surface area contributed by atoms with Gasteiger partial charge in [-0.25, -0.2) is 0 Å². The van der Waals surface area contributed by atoms with E-state index in [1.807, 2.05) is 0 Å². The van der Waals surface area contributed by atoms with Gasteiger partial charge in [0.2, 0.25) is 0 Å². The number of carbonyl (C=O) groups is 1. The molecule has 1 aliphatic rings. The molecule has 98 valence electrons. The molecule has 17 heavy (non-hydrogen) atoms. The van der Waals surface area contributed by atoms with E-state index in [9.17, 15) is 4.79 Å². The molecule has 5 nitrogen and oxygen atoms in total. The molecule has 2 N–H and O–H groups in total. The van der Waals surface area contributed by atoms with Crippen LogP contribution in [0, 0.1) is 5.92 Å². The van der Waals surface area contributed by atoms with Crippen molar-refractivity contribution < 1.29 is 14.4 Å². The first-order valence-corrected chi connectivity index (χ1v) is 5.92. The van der Waals surface area contributed by atoms with Gasteiger partial charge in [-0.2, -0.15) is 5.48 Å². The average molecular weight is 242 g/mol. The van der Waals surface area contributed by atoms with Crippen LogP contribution >= 0.6 is 0 Å². The molecule has 0 spiro atoms. The molecule has 0 saturated carbocycles. The molecule has 0 aromatic rings. The number of hydrogen-bond acceptors (Lipinski definition) is 4. The third-order valence-corrected chi connectivity index (χ3v) is 2.74. The van der Waals surface area contributed by atoms with E-state index < -0.39 is 5.79 Å². The Labute approximate surface area is 103 Å². The molecule has 0 aromatic carbocycles. The lowest BCUT2D eigenvalue weighted by Gasteiger charge is -2.23. The van der Waals surface area contributed by atoms with E-state index in [1.165, 1.54) is 7.11 Å². The van der Waals surface area contributed by atoms with Gasteiger partial charge in [-0.3, -0.25) is 9.63 Å². The van der Waals surface area contributed by atoms with Crippen molar-refractivity contribution >= 4 is 5.91 Å². The number of nitrogens with one attached hydrogen (secondary N) is 2. The first-order valence-electron chi connectivity index (χ1n) is 5.92. The zero-order valence-electron chi connectivity index (χ0n) is 10.8. The van der Waals surface area contributed by atoms with Gasteiger partial charge < -0.3 is 10.1 Å². The molecule has 1 fully saturated rings. The van der Waals surface area contributed by atoms with E-state index in [-0.39, 0.29) is 11.9 Å². The van der Waals surface area contributed by atoms with E-state index in [2.05, 4.69) is 31.2 Å². The van der Waals surface area contributed by atoms with Crippen molar-refractivity contribution in [2.24, 2.45) is 5.92 Å². The van der Waals surface area contributed by atoms with Crippen molar-refractivity contribution in [2.75, 3.05) is 13.7 Å². The fourth-order valence-electron chi connectivity index (χ4n) is 1.94. The normalized spacial score (nSPS) is 28.4. The Balaban J connectivity index is 2.59. The third-order valence-electron chi connectivity index (χ3n) is 2.74. The topological polar surface area (TPSA) is 59.6 Å². The molecular weight excluding hydrogens is 220 g/mol. The number of hydrogen-bond donors (Lipinski definition) is 2. The second kappa shape index (κ2) is 6.14. The monoisotopic (exact) mass is 242 g/mol. The number of ether oxygens (including phenoxy) is 1. The van der Waals surface area contributed by atoms with Gasteiger partial charge in [0.25, 0.3) is 11.7 Å². The minimum atomic E-state index is -1.21. The third kappa shape index (κ3) is 3.52. The number of carbonyl (C=O) groups excluding carboxylic acids is 1. The van der Waals surface area contributed by atoms with Crippen LogP contribution in [0.2, 0.25) is 0 Å². The summed E-state index contributed by atoms with van der Waals surface area (Å²) in [5.41, 5.74) is 2.88. The minimum Gasteiger partial charge on any atom is -0.348 e. The molecule has 0 unspecified atom stereocenters. The Kier molecular flexibility index (Phi) is 5.11. The SMILES string of the molecule is C=CCNC(=O)[C@@]1(OC)C[C@H](CC(C)C)NO1. The summed E-state index contributed by atoms with van der Waals surface area (Å²) in [5.74, 6) is -0.929. The molecule has 1 heterocycles. The van der Waals surface area contributed by atoms with Crippen LogP contribution < -0.4 is 10.8 Å². The van der Waals surface area contributed by atoms with Crippen molar-refractivity contribution in [1.82, 2.24) is 10.8 Å². The lowest BCUT2D eigenvalue weighted by atomic mass is 9.98. The molecule has 5 heteroatoms. The highest BCUT2D eigenvalue weighted by atomic mass is 16.8. The summed E-state index contributed by atoms with van der Waals surface area (Å²) < 4.78 is 5.24. The highest BCUT2D eigenvalue weighted by Crippen LogP contribution is 2.28. The quantitative estimate of drug-likeness (QED) is 0.681. The van der Waals surface area contributed by atoms with E-state index >= 15 is 0 Å². The number of hydroxylamine groups is 1. The molecule has 0 radical (unpaired) electrons. The van der Waals surface area contributed by atoms with Gasteiger partial charge in [-0.05, 0) is 12.3 Å². The number of rotatable bonds is 6. The summed E-state index contributed by atoms with van der Waals surface area (Å²) in [6.45, 7) is 8.22. The predicted octanol–water partition coefficient (Wildman–Crippen LogP) is 0.971. The smallest absolute Gasteiger partial charge is 0.282 e. The van der Waals surface area contributed by atoms with Gasteiger partial charge in [0.1, 0.15) is 0 Å². The molecule has 0 aliphatic carbocycles. The van der Waals surface area contributed by atoms with Crippen molar-refractivity contribution in [3.05, 3.63) is 12.7 Å². The van der Waals surface area contributed by atoms with Gasteiger partial charge in [0.05, 0.1) is 0 Å². The lowest BCUT2D eigenvalue weighted by Crippen LogP contribution is -2.48. The fraction of sp³-hybridized carbons (Fsp3) is 0.750. The van der Waals surface area contributed by atoms with Crippen LogP contribution in [0.15, 0.2) is 12.7 Å². The van der Waals surface area contributed by atoms with Gasteiger partial charge in [0, 0.05) is 26.1 Å². The molecule has 1 rings (SSSR count). The first kappa shape index (κ1) is 14.2. The standard InChI is InChI=1S/C12H22N2O3/c1-5-6-13-11(15)12(16-4)8-10(14-17-12)7-9(2)3/h5,9-10,14H,1,6-8H2,2-4H3,(H,13,15)/t10-,12+/m0/s1. The Morgan fingerprint density at radius 3 is 3.00 bits per heavy atom. The highest BCUT2D eigenvalue weighted by Gasteiger charge is 2.47. The Morgan fingerprint density at radius 2 is 2.47 bits per heavy atom. The molecular formula is C12H22N2O3. The maximum absolute atomic E-state index is 11.9. The van der Waals surface area contributed by atoms with Crippen LogP contribution in [0.3, 0.4) is 0 Å². The second-order valence-corrected chi connectivity index (χ2v) is 4.71. The summed E-state index contributed by atoms with van der Waals surface area (Å²) in [4.78, 5) is 17.3. The van der Waals surface area contributed by atoms with Crippen molar-refractivity contribution in [3.8, 4) is 0 Å². The molecule has 0 aromatic heterocycles. The fourth-order valence-corrected chi connectivity index (χ4v) is 1.94. The van der Waals surface area contributed by atoms with E-state index in [0.717, 1.165) is 6.42 Å². The zero-order valence-corrected chi connectivity index (χ0v) is 10.8. The van der Waals surface area contributed by atoms with Gasteiger partial charge in [0.15, 0.2) is 0 Å². The van der Waals surface area contributed by atoms with Crippen LogP contribution in [0.5, 0.6) is 0 Å². The summed E-state index contributed by atoms with van der Waals surface area (Å²) in [5, 5.41) is 2.69. The van der Waals surface area contributed by atoms with Crippen LogP contribution in [0.1, 0.15) is 26.7 Å². The molecule has 1 aliphatic heterocycles. The average Bonchev–Trinajstić information content (AvgIpc) is 2.69. The van der Waals surface area contributed by atoms with Crippen LogP contribution in [0.4, 0.5) is 0 Å². The molecule has 1 saturated heterocycles. The minimum absolute atomic E-state index is 0.143.